The molecule has 0 radical (unpaired) electrons. The number of ether oxygens (including phenoxy) is 2. The van der Waals surface area contributed by atoms with Crippen molar-refractivity contribution in [2.75, 3.05) is 13.7 Å². The van der Waals surface area contributed by atoms with E-state index in [0.29, 0.717) is 23.5 Å². The zero-order chi connectivity index (χ0) is 17.1. The van der Waals surface area contributed by atoms with Gasteiger partial charge in [0, 0.05) is 17.7 Å². The molecule has 0 heterocycles. The molecular weight excluding hydrogens is 292 g/mol. The lowest BCUT2D eigenvalue weighted by molar-refractivity contribution is 0.0763. The Morgan fingerprint density at radius 1 is 1.00 bits per heavy atom. The monoisotopic (exact) mass is 314 g/mol. The second-order valence-electron chi connectivity index (χ2n) is 4.78. The normalized spacial score (nSPS) is 10.9. The van der Waals surface area contributed by atoms with Crippen LogP contribution in [0.4, 0.5) is 0 Å². The van der Waals surface area contributed by atoms with Crippen molar-refractivity contribution in [1.82, 2.24) is 0 Å². The van der Waals surface area contributed by atoms with Crippen LogP contribution in [0.1, 0.15) is 46.2 Å². The van der Waals surface area contributed by atoms with E-state index in [1.807, 2.05) is 32.0 Å². The molecule has 0 amide bonds. The third-order valence-electron chi connectivity index (χ3n) is 3.16. The number of benzene rings is 2. The van der Waals surface area contributed by atoms with Crippen LogP contribution < -0.4 is 4.74 Å². The van der Waals surface area contributed by atoms with Crippen LogP contribution in [-0.4, -0.2) is 26.3 Å². The molecular formula is C19H22O4. The number of rotatable bonds is 6. The molecule has 0 aliphatic heterocycles. The molecule has 2 rings (SSSR count). The number of methoxy groups -OCH3 is 1. The summed E-state index contributed by atoms with van der Waals surface area (Å²) >= 11 is 0. The predicted octanol–water partition coefficient (Wildman–Crippen LogP) is 4.10. The highest BCUT2D eigenvalue weighted by Crippen LogP contribution is 2.16. The third-order valence-corrected chi connectivity index (χ3v) is 3.16. The Morgan fingerprint density at radius 2 is 1.61 bits per heavy atom. The van der Waals surface area contributed by atoms with Crippen molar-refractivity contribution in [3.63, 3.8) is 0 Å². The van der Waals surface area contributed by atoms with E-state index in [-0.39, 0.29) is 6.10 Å². The minimum absolute atomic E-state index is 0.0601. The van der Waals surface area contributed by atoms with E-state index in [4.69, 9.17) is 9.47 Å². The fourth-order valence-electron chi connectivity index (χ4n) is 1.95. The highest BCUT2D eigenvalue weighted by atomic mass is 16.5. The van der Waals surface area contributed by atoms with E-state index < -0.39 is 0 Å². The van der Waals surface area contributed by atoms with Gasteiger partial charge in [-0.2, -0.15) is 0 Å². The average Bonchev–Trinajstić information content (AvgIpc) is 2.62. The maximum absolute atomic E-state index is 10.5. The molecule has 1 atom stereocenters. The molecule has 0 saturated heterocycles. The van der Waals surface area contributed by atoms with Gasteiger partial charge in [0.15, 0.2) is 0 Å². The van der Waals surface area contributed by atoms with Gasteiger partial charge in [0.2, 0.25) is 0 Å². The van der Waals surface area contributed by atoms with Gasteiger partial charge in [-0.05, 0) is 37.6 Å². The lowest BCUT2D eigenvalue weighted by atomic mass is 10.1. The maximum atomic E-state index is 10.5. The molecule has 0 spiro atoms. The van der Waals surface area contributed by atoms with Crippen LogP contribution in [0.2, 0.25) is 0 Å². The Kier molecular flexibility index (Phi) is 8.32. The Hall–Kier alpha value is -2.46. The number of hydrogen-bond acceptors (Lipinski definition) is 4. The number of hydrogen-bond donors (Lipinski definition) is 0. The van der Waals surface area contributed by atoms with E-state index >= 15 is 0 Å². The van der Waals surface area contributed by atoms with Crippen molar-refractivity contribution >= 4 is 12.6 Å². The molecule has 0 aromatic heterocycles. The summed E-state index contributed by atoms with van der Waals surface area (Å²) in [5.74, 6) is 0.713. The standard InChI is InChI=1S/C11H14O2.C8H8O2/c1-3-13-9(2)11-6-4-5-10(7-11)8-12;1-10-8-4-2-3-7(5-8)6-9/h4-9H,3H2,1-2H3;2-6H,1H3. The second-order valence-corrected chi connectivity index (χ2v) is 4.78. The number of carbonyl (C=O) groups is 2. The Morgan fingerprint density at radius 3 is 2.17 bits per heavy atom. The summed E-state index contributed by atoms with van der Waals surface area (Å²) in [6.07, 6.45) is 1.70. The first kappa shape index (κ1) is 18.6. The summed E-state index contributed by atoms with van der Waals surface area (Å²) in [7, 11) is 1.57. The fourth-order valence-corrected chi connectivity index (χ4v) is 1.95. The molecule has 1 unspecified atom stereocenters. The minimum Gasteiger partial charge on any atom is -0.497 e. The molecule has 4 nitrogen and oxygen atoms in total. The zero-order valence-corrected chi connectivity index (χ0v) is 13.7. The van der Waals surface area contributed by atoms with E-state index in [1.165, 1.54) is 0 Å². The summed E-state index contributed by atoms with van der Waals surface area (Å²) in [4.78, 5) is 20.7. The quantitative estimate of drug-likeness (QED) is 0.753. The van der Waals surface area contributed by atoms with E-state index in [1.54, 1.807) is 37.4 Å². The van der Waals surface area contributed by atoms with E-state index in [2.05, 4.69) is 0 Å². The van der Waals surface area contributed by atoms with Crippen molar-refractivity contribution in [1.29, 1.82) is 0 Å². The van der Waals surface area contributed by atoms with Crippen LogP contribution in [0, 0.1) is 0 Å². The van der Waals surface area contributed by atoms with Gasteiger partial charge in [-0.3, -0.25) is 9.59 Å². The molecule has 2 aromatic carbocycles. The van der Waals surface area contributed by atoms with Crippen molar-refractivity contribution in [2.45, 2.75) is 20.0 Å². The Bertz CT molecular complexity index is 622. The summed E-state index contributed by atoms with van der Waals surface area (Å²) in [5.41, 5.74) is 2.38. The largest absolute Gasteiger partial charge is 0.497 e. The van der Waals surface area contributed by atoms with Gasteiger partial charge in [-0.25, -0.2) is 0 Å². The van der Waals surface area contributed by atoms with Gasteiger partial charge < -0.3 is 9.47 Å². The highest BCUT2D eigenvalue weighted by molar-refractivity contribution is 5.75. The summed E-state index contributed by atoms with van der Waals surface area (Å²) < 4.78 is 10.3. The van der Waals surface area contributed by atoms with Crippen molar-refractivity contribution < 1.29 is 19.1 Å². The smallest absolute Gasteiger partial charge is 0.150 e. The summed E-state index contributed by atoms with van der Waals surface area (Å²) in [6, 6.07) is 14.5. The Balaban J connectivity index is 0.000000238. The van der Waals surface area contributed by atoms with Crippen LogP contribution in [0.25, 0.3) is 0 Å². The molecule has 0 saturated carbocycles. The van der Waals surface area contributed by atoms with Gasteiger partial charge in [-0.15, -0.1) is 0 Å². The summed E-state index contributed by atoms with van der Waals surface area (Å²) in [6.45, 7) is 4.62. The fraction of sp³-hybridized carbons (Fsp3) is 0.263. The summed E-state index contributed by atoms with van der Waals surface area (Å²) in [5, 5.41) is 0. The van der Waals surface area contributed by atoms with Gasteiger partial charge in [0.1, 0.15) is 18.3 Å². The van der Waals surface area contributed by atoms with Gasteiger partial charge in [0.25, 0.3) is 0 Å². The number of carbonyl (C=O) groups excluding carboxylic acids is 2. The van der Waals surface area contributed by atoms with Gasteiger partial charge in [-0.1, -0.05) is 30.3 Å². The van der Waals surface area contributed by atoms with Crippen molar-refractivity contribution in [3.8, 4) is 5.75 Å². The topological polar surface area (TPSA) is 52.6 Å². The van der Waals surface area contributed by atoms with Crippen LogP contribution in [0.15, 0.2) is 48.5 Å². The molecule has 0 fully saturated rings. The number of aldehydes is 2. The van der Waals surface area contributed by atoms with Crippen LogP contribution >= 0.6 is 0 Å². The minimum atomic E-state index is 0.0601. The first-order valence-electron chi connectivity index (χ1n) is 7.40. The highest BCUT2D eigenvalue weighted by Gasteiger charge is 2.04. The first-order valence-corrected chi connectivity index (χ1v) is 7.40. The second kappa shape index (κ2) is 10.3. The zero-order valence-electron chi connectivity index (χ0n) is 13.7. The molecule has 4 heteroatoms. The van der Waals surface area contributed by atoms with E-state index in [9.17, 15) is 9.59 Å². The van der Waals surface area contributed by atoms with Crippen LogP contribution in [0.3, 0.4) is 0 Å². The lowest BCUT2D eigenvalue weighted by Crippen LogP contribution is -1.99. The van der Waals surface area contributed by atoms with Crippen LogP contribution in [-0.2, 0) is 4.74 Å². The SMILES string of the molecule is CCOC(C)c1cccc(C=O)c1.COc1cccc(C=O)c1. The van der Waals surface area contributed by atoms with Gasteiger partial charge in [0.05, 0.1) is 13.2 Å². The molecule has 0 N–H and O–H groups in total. The Labute approximate surface area is 137 Å². The lowest BCUT2D eigenvalue weighted by Gasteiger charge is -2.11. The predicted molar refractivity (Wildman–Crippen MR) is 90.3 cm³/mol. The molecule has 0 aliphatic carbocycles. The average molecular weight is 314 g/mol. The molecule has 0 aliphatic rings. The third kappa shape index (κ3) is 6.45. The van der Waals surface area contributed by atoms with Crippen LogP contribution in [0.5, 0.6) is 5.75 Å². The maximum Gasteiger partial charge on any atom is 0.150 e. The van der Waals surface area contributed by atoms with Crippen molar-refractivity contribution in [2.24, 2.45) is 0 Å². The molecule has 2 aromatic rings. The van der Waals surface area contributed by atoms with E-state index in [0.717, 1.165) is 18.1 Å². The van der Waals surface area contributed by atoms with Gasteiger partial charge >= 0.3 is 0 Å². The molecule has 0 bridgehead atoms. The first-order chi connectivity index (χ1) is 11.1. The molecule has 122 valence electrons. The van der Waals surface area contributed by atoms with Crippen molar-refractivity contribution in [3.05, 3.63) is 65.2 Å². The molecule has 23 heavy (non-hydrogen) atoms.